The van der Waals surface area contributed by atoms with Crippen molar-refractivity contribution < 1.29 is 4.79 Å². The molecule has 0 aliphatic carbocycles. The lowest BCUT2D eigenvalue weighted by Crippen LogP contribution is -2.15. The zero-order valence-electron chi connectivity index (χ0n) is 18.5. The lowest BCUT2D eigenvalue weighted by molar-refractivity contribution is 0.101. The van der Waals surface area contributed by atoms with E-state index >= 15 is 0 Å². The highest BCUT2D eigenvalue weighted by Gasteiger charge is 2.20. The minimum Gasteiger partial charge on any atom is -0.319 e. The number of aromatic nitrogens is 3. The monoisotopic (exact) mass is 410 g/mol. The molecule has 0 saturated carbocycles. The third-order valence-corrected chi connectivity index (χ3v) is 5.52. The minimum atomic E-state index is -0.329. The molecule has 0 saturated heterocycles. The van der Waals surface area contributed by atoms with Crippen LogP contribution in [-0.4, -0.2) is 20.7 Å². The molecule has 5 heteroatoms. The first-order chi connectivity index (χ1) is 14.8. The van der Waals surface area contributed by atoms with E-state index in [1.54, 1.807) is 4.68 Å². The largest absolute Gasteiger partial charge is 0.319 e. The number of hydrogen-bond acceptors (Lipinski definition) is 3. The van der Waals surface area contributed by atoms with Crippen LogP contribution >= 0.6 is 0 Å². The van der Waals surface area contributed by atoms with Gasteiger partial charge in [-0.2, -0.15) is 0 Å². The van der Waals surface area contributed by atoms with Crippen molar-refractivity contribution in [2.45, 2.75) is 34.6 Å². The average Bonchev–Trinajstić information content (AvgIpc) is 3.17. The van der Waals surface area contributed by atoms with E-state index in [1.807, 2.05) is 69.3 Å². The van der Waals surface area contributed by atoms with Crippen LogP contribution in [0.3, 0.4) is 0 Å². The summed E-state index contributed by atoms with van der Waals surface area (Å²) in [7, 11) is 0. The van der Waals surface area contributed by atoms with Gasteiger partial charge in [-0.05, 0) is 69.5 Å². The number of hydrogen-bond donors (Lipinski definition) is 1. The first kappa shape index (κ1) is 20.5. The van der Waals surface area contributed by atoms with Crippen molar-refractivity contribution in [1.29, 1.82) is 0 Å². The first-order valence-corrected chi connectivity index (χ1v) is 10.3. The number of nitrogens with one attached hydrogen (secondary N) is 1. The molecule has 3 aromatic carbocycles. The number of rotatable bonds is 4. The van der Waals surface area contributed by atoms with E-state index in [0.29, 0.717) is 5.82 Å². The molecule has 4 aromatic rings. The van der Waals surface area contributed by atoms with Gasteiger partial charge in [0.05, 0.1) is 5.69 Å². The van der Waals surface area contributed by atoms with E-state index in [1.165, 1.54) is 0 Å². The van der Waals surface area contributed by atoms with E-state index in [0.717, 1.165) is 44.8 Å². The maximum absolute atomic E-state index is 13.0. The van der Waals surface area contributed by atoms with Gasteiger partial charge in [0.25, 0.3) is 5.91 Å². The summed E-state index contributed by atoms with van der Waals surface area (Å²) < 4.78 is 1.77. The molecule has 0 atom stereocenters. The Morgan fingerprint density at radius 2 is 1.58 bits per heavy atom. The van der Waals surface area contributed by atoms with Gasteiger partial charge in [0.2, 0.25) is 5.82 Å². The van der Waals surface area contributed by atoms with Crippen molar-refractivity contribution in [1.82, 2.24) is 14.8 Å². The van der Waals surface area contributed by atoms with Crippen molar-refractivity contribution in [3.63, 3.8) is 0 Å². The van der Waals surface area contributed by atoms with Gasteiger partial charge >= 0.3 is 0 Å². The molecule has 0 aliphatic rings. The molecule has 31 heavy (non-hydrogen) atoms. The van der Waals surface area contributed by atoms with Crippen LogP contribution in [0.25, 0.3) is 17.1 Å². The zero-order valence-corrected chi connectivity index (χ0v) is 18.5. The standard InChI is InChI=1S/C26H26N4O/c1-16-8-6-10-21(15-16)25-28-24(26(31)27-22-13-12-17(2)14-19(22)4)29-30(25)23-11-7-9-18(3)20(23)5/h6-15H,1-5H3,(H,27,31). The topological polar surface area (TPSA) is 59.8 Å². The van der Waals surface area contributed by atoms with Crippen LogP contribution in [-0.2, 0) is 0 Å². The zero-order chi connectivity index (χ0) is 22.1. The average molecular weight is 411 g/mol. The van der Waals surface area contributed by atoms with Gasteiger partial charge in [-0.15, -0.1) is 5.10 Å². The summed E-state index contributed by atoms with van der Waals surface area (Å²) in [4.78, 5) is 17.7. The summed E-state index contributed by atoms with van der Waals surface area (Å²) in [5, 5.41) is 7.58. The van der Waals surface area contributed by atoms with Crippen LogP contribution in [0.2, 0.25) is 0 Å². The maximum atomic E-state index is 13.0. The Balaban J connectivity index is 1.81. The minimum absolute atomic E-state index is 0.136. The molecule has 4 rings (SSSR count). The van der Waals surface area contributed by atoms with Gasteiger partial charge in [-0.1, -0.05) is 53.6 Å². The highest BCUT2D eigenvalue weighted by Crippen LogP contribution is 2.26. The van der Waals surface area contributed by atoms with E-state index < -0.39 is 0 Å². The molecule has 1 aromatic heterocycles. The normalized spacial score (nSPS) is 10.9. The number of aryl methyl sites for hydroxylation is 4. The van der Waals surface area contributed by atoms with Gasteiger partial charge in [-0.25, -0.2) is 9.67 Å². The Bertz CT molecular complexity index is 1290. The highest BCUT2D eigenvalue weighted by molar-refractivity contribution is 6.02. The molecule has 0 unspecified atom stereocenters. The third kappa shape index (κ3) is 4.12. The predicted molar refractivity (Wildman–Crippen MR) is 125 cm³/mol. The van der Waals surface area contributed by atoms with Crippen molar-refractivity contribution in [2.24, 2.45) is 0 Å². The predicted octanol–water partition coefficient (Wildman–Crippen LogP) is 5.73. The number of nitrogens with zero attached hydrogens (tertiary/aromatic N) is 3. The SMILES string of the molecule is Cc1cccc(-c2nc(C(=O)Nc3ccc(C)cc3C)nn2-c2cccc(C)c2C)c1. The molecule has 1 N–H and O–H groups in total. The van der Waals surface area contributed by atoms with Crippen LogP contribution < -0.4 is 5.32 Å². The van der Waals surface area contributed by atoms with Crippen molar-refractivity contribution in [3.05, 3.63) is 94.3 Å². The van der Waals surface area contributed by atoms with Gasteiger partial charge in [-0.3, -0.25) is 4.79 Å². The Labute approximate surface area is 182 Å². The van der Waals surface area contributed by atoms with Crippen LogP contribution in [0.1, 0.15) is 38.4 Å². The van der Waals surface area contributed by atoms with Crippen molar-refractivity contribution in [3.8, 4) is 17.1 Å². The summed E-state index contributed by atoms with van der Waals surface area (Å²) >= 11 is 0. The molecule has 156 valence electrons. The molecule has 0 radical (unpaired) electrons. The Kier molecular flexibility index (Phi) is 5.42. The second kappa shape index (κ2) is 8.19. The molecule has 1 amide bonds. The summed E-state index contributed by atoms with van der Waals surface area (Å²) in [6, 6.07) is 20.1. The summed E-state index contributed by atoms with van der Waals surface area (Å²) in [5.41, 5.74) is 8.11. The summed E-state index contributed by atoms with van der Waals surface area (Å²) in [6.07, 6.45) is 0. The molecule has 1 heterocycles. The maximum Gasteiger partial charge on any atom is 0.295 e. The van der Waals surface area contributed by atoms with Gasteiger partial charge in [0.1, 0.15) is 0 Å². The number of carbonyl (C=O) groups is 1. The molecular formula is C26H26N4O. The molecule has 0 aliphatic heterocycles. The van der Waals surface area contributed by atoms with Crippen LogP contribution in [0.4, 0.5) is 5.69 Å². The van der Waals surface area contributed by atoms with E-state index in [4.69, 9.17) is 0 Å². The van der Waals surface area contributed by atoms with Crippen LogP contribution in [0.5, 0.6) is 0 Å². The van der Waals surface area contributed by atoms with Crippen LogP contribution in [0, 0.1) is 34.6 Å². The third-order valence-electron chi connectivity index (χ3n) is 5.52. The number of benzene rings is 3. The summed E-state index contributed by atoms with van der Waals surface area (Å²) in [5.74, 6) is 0.450. The first-order valence-electron chi connectivity index (χ1n) is 10.3. The van der Waals surface area contributed by atoms with Crippen molar-refractivity contribution >= 4 is 11.6 Å². The van der Waals surface area contributed by atoms with Gasteiger partial charge in [0, 0.05) is 11.3 Å². The fourth-order valence-electron chi connectivity index (χ4n) is 3.64. The number of carbonyl (C=O) groups excluding carboxylic acids is 1. The van der Waals surface area contributed by atoms with Gasteiger partial charge in [0.15, 0.2) is 5.82 Å². The second-order valence-electron chi connectivity index (χ2n) is 8.03. The number of anilines is 1. The molecule has 5 nitrogen and oxygen atoms in total. The Morgan fingerprint density at radius 1 is 0.839 bits per heavy atom. The quantitative estimate of drug-likeness (QED) is 0.467. The molecular weight excluding hydrogens is 384 g/mol. The fraction of sp³-hybridized carbons (Fsp3) is 0.192. The molecule has 0 bridgehead atoms. The molecule has 0 fully saturated rings. The van der Waals surface area contributed by atoms with Crippen molar-refractivity contribution in [2.75, 3.05) is 5.32 Å². The highest BCUT2D eigenvalue weighted by atomic mass is 16.2. The second-order valence-corrected chi connectivity index (χ2v) is 8.03. The number of amides is 1. The van der Waals surface area contributed by atoms with E-state index in [9.17, 15) is 4.79 Å². The van der Waals surface area contributed by atoms with Gasteiger partial charge < -0.3 is 5.32 Å². The van der Waals surface area contributed by atoms with E-state index in [2.05, 4.69) is 41.4 Å². The Hall–Kier alpha value is -3.73. The smallest absolute Gasteiger partial charge is 0.295 e. The molecule has 0 spiro atoms. The van der Waals surface area contributed by atoms with Crippen LogP contribution in [0.15, 0.2) is 60.7 Å². The lowest BCUT2D eigenvalue weighted by atomic mass is 10.1. The summed E-state index contributed by atoms with van der Waals surface area (Å²) in [6.45, 7) is 10.2. The van der Waals surface area contributed by atoms with E-state index in [-0.39, 0.29) is 11.7 Å². The fourth-order valence-corrected chi connectivity index (χ4v) is 3.64. The lowest BCUT2D eigenvalue weighted by Gasteiger charge is -2.11. The Morgan fingerprint density at radius 3 is 2.32 bits per heavy atom.